The van der Waals surface area contributed by atoms with Gasteiger partial charge in [0.25, 0.3) is 0 Å². The van der Waals surface area contributed by atoms with Gasteiger partial charge in [-0.3, -0.25) is 0 Å². The molecule has 1 N–H and O–H groups in total. The second-order valence-electron chi connectivity index (χ2n) is 6.40. The van der Waals surface area contributed by atoms with Crippen LogP contribution in [0.1, 0.15) is 22.7 Å². The molecule has 2 amide bonds. The van der Waals surface area contributed by atoms with Crippen LogP contribution in [0.15, 0.2) is 24.3 Å². The predicted octanol–water partition coefficient (Wildman–Crippen LogP) is 4.10. The highest BCUT2D eigenvalue weighted by atomic mass is 35.5. The molecule has 1 aromatic carbocycles. The molecule has 0 saturated carbocycles. The van der Waals surface area contributed by atoms with Crippen molar-refractivity contribution in [2.45, 2.75) is 32.4 Å². The minimum absolute atomic E-state index is 0.0720. The van der Waals surface area contributed by atoms with E-state index in [-0.39, 0.29) is 18.7 Å². The summed E-state index contributed by atoms with van der Waals surface area (Å²) in [5.41, 5.74) is 1.93. The van der Waals surface area contributed by atoms with Crippen LogP contribution in [-0.4, -0.2) is 41.7 Å². The topological polar surface area (TPSA) is 54.5 Å². The second kappa shape index (κ2) is 9.23. The summed E-state index contributed by atoms with van der Waals surface area (Å²) in [6, 6.07) is 7.40. The van der Waals surface area contributed by atoms with Gasteiger partial charge >= 0.3 is 6.03 Å². The van der Waals surface area contributed by atoms with Crippen molar-refractivity contribution in [3.8, 4) is 23.6 Å². The summed E-state index contributed by atoms with van der Waals surface area (Å²) in [5.74, 6) is 2.55. The van der Waals surface area contributed by atoms with Crippen molar-refractivity contribution >= 4 is 29.0 Å². The van der Waals surface area contributed by atoms with Crippen molar-refractivity contribution in [1.29, 1.82) is 0 Å². The van der Waals surface area contributed by atoms with Crippen LogP contribution in [0.3, 0.4) is 0 Å². The van der Waals surface area contributed by atoms with Crippen LogP contribution in [0, 0.1) is 19.3 Å². The highest BCUT2D eigenvalue weighted by molar-refractivity contribution is 7.12. The van der Waals surface area contributed by atoms with Gasteiger partial charge in [0.2, 0.25) is 0 Å². The Balaban J connectivity index is 1.61. The third-order valence-corrected chi connectivity index (χ3v) is 5.59. The molecule has 1 unspecified atom stereocenters. The zero-order valence-electron chi connectivity index (χ0n) is 15.2. The van der Waals surface area contributed by atoms with E-state index in [1.54, 1.807) is 16.2 Å². The minimum Gasteiger partial charge on any atom is -0.376 e. The first kappa shape index (κ1) is 19.7. The SMILES string of the molecule is C#CCN(CC1CCCO1)C(=O)NCc1nc(-c2ccc(Cl)cc2)c(C)s1. The maximum atomic E-state index is 12.5. The number of halogens is 1. The van der Waals surface area contributed by atoms with E-state index in [9.17, 15) is 4.79 Å². The van der Waals surface area contributed by atoms with Gasteiger partial charge in [-0.05, 0) is 31.9 Å². The van der Waals surface area contributed by atoms with Crippen molar-refractivity contribution in [2.24, 2.45) is 0 Å². The Kier molecular flexibility index (Phi) is 6.73. The maximum Gasteiger partial charge on any atom is 0.318 e. The number of thiazole rings is 1. The average Bonchev–Trinajstić information content (AvgIpc) is 3.29. The van der Waals surface area contributed by atoms with E-state index in [1.807, 2.05) is 31.2 Å². The number of ether oxygens (including phenoxy) is 1. The van der Waals surface area contributed by atoms with Gasteiger partial charge < -0.3 is 15.0 Å². The zero-order chi connectivity index (χ0) is 19.2. The molecule has 3 rings (SSSR count). The number of nitrogens with zero attached hydrogens (tertiary/aromatic N) is 2. The molecule has 5 nitrogen and oxygen atoms in total. The van der Waals surface area contributed by atoms with Gasteiger partial charge in [0.1, 0.15) is 5.01 Å². The number of rotatable bonds is 6. The van der Waals surface area contributed by atoms with Crippen LogP contribution in [0.5, 0.6) is 0 Å². The Morgan fingerprint density at radius 2 is 2.26 bits per heavy atom. The van der Waals surface area contributed by atoms with Crippen molar-refractivity contribution in [2.75, 3.05) is 19.7 Å². The summed E-state index contributed by atoms with van der Waals surface area (Å²) >= 11 is 7.52. The normalized spacial score (nSPS) is 16.1. The summed E-state index contributed by atoms with van der Waals surface area (Å²) in [7, 11) is 0. The third kappa shape index (κ3) is 5.23. The molecule has 1 aromatic heterocycles. The molecule has 27 heavy (non-hydrogen) atoms. The Hall–Kier alpha value is -2.07. The molecule has 0 aliphatic carbocycles. The van der Waals surface area contributed by atoms with Gasteiger partial charge in [-0.1, -0.05) is 29.7 Å². The van der Waals surface area contributed by atoms with Crippen LogP contribution in [-0.2, 0) is 11.3 Å². The number of terminal acetylenes is 1. The number of aryl methyl sites for hydroxylation is 1. The lowest BCUT2D eigenvalue weighted by molar-refractivity contribution is 0.0845. The van der Waals surface area contributed by atoms with Crippen molar-refractivity contribution in [3.05, 3.63) is 39.2 Å². The molecular weight excluding hydrogens is 382 g/mol. The number of nitrogens with one attached hydrogen (secondary N) is 1. The van der Waals surface area contributed by atoms with Crippen molar-refractivity contribution in [3.63, 3.8) is 0 Å². The van der Waals surface area contributed by atoms with Gasteiger partial charge in [-0.2, -0.15) is 0 Å². The fourth-order valence-corrected chi connectivity index (χ4v) is 4.05. The number of hydrogen-bond donors (Lipinski definition) is 1. The third-order valence-electron chi connectivity index (χ3n) is 4.37. The molecule has 0 bridgehead atoms. The number of amides is 2. The molecule has 0 spiro atoms. The van der Waals surface area contributed by atoms with Crippen molar-refractivity contribution in [1.82, 2.24) is 15.2 Å². The summed E-state index contributed by atoms with van der Waals surface area (Å²) in [4.78, 5) is 19.9. The fraction of sp³-hybridized carbons (Fsp3) is 0.400. The minimum atomic E-state index is -0.190. The van der Waals surface area contributed by atoms with Crippen LogP contribution in [0.25, 0.3) is 11.3 Å². The smallest absolute Gasteiger partial charge is 0.318 e. The maximum absolute atomic E-state index is 12.5. The molecule has 0 radical (unpaired) electrons. The number of urea groups is 1. The zero-order valence-corrected chi connectivity index (χ0v) is 16.8. The predicted molar refractivity (Wildman–Crippen MR) is 109 cm³/mol. The Morgan fingerprint density at radius 1 is 1.48 bits per heavy atom. The molecule has 7 heteroatoms. The van der Waals surface area contributed by atoms with E-state index < -0.39 is 0 Å². The number of hydrogen-bond acceptors (Lipinski definition) is 4. The lowest BCUT2D eigenvalue weighted by Crippen LogP contribution is -2.43. The molecule has 1 aliphatic heterocycles. The average molecular weight is 404 g/mol. The van der Waals surface area contributed by atoms with Crippen LogP contribution < -0.4 is 5.32 Å². The summed E-state index contributed by atoms with van der Waals surface area (Å²) in [5, 5.41) is 4.47. The quantitative estimate of drug-likeness (QED) is 0.739. The molecule has 2 heterocycles. The Morgan fingerprint density at radius 3 is 2.93 bits per heavy atom. The molecule has 1 saturated heterocycles. The van der Waals surface area contributed by atoms with Gasteiger partial charge in [-0.15, -0.1) is 17.8 Å². The molecule has 1 fully saturated rings. The van der Waals surface area contributed by atoms with Gasteiger partial charge in [0, 0.05) is 28.6 Å². The number of aromatic nitrogens is 1. The Labute approximate surface area is 168 Å². The summed E-state index contributed by atoms with van der Waals surface area (Å²) in [6.07, 6.45) is 7.48. The molecule has 1 aliphatic rings. The summed E-state index contributed by atoms with van der Waals surface area (Å²) < 4.78 is 5.61. The molecule has 142 valence electrons. The lowest BCUT2D eigenvalue weighted by Gasteiger charge is -2.23. The van der Waals surface area contributed by atoms with Crippen LogP contribution >= 0.6 is 22.9 Å². The lowest BCUT2D eigenvalue weighted by atomic mass is 10.1. The van der Waals surface area contributed by atoms with E-state index in [0.29, 0.717) is 18.1 Å². The van der Waals surface area contributed by atoms with Gasteiger partial charge in [0.15, 0.2) is 0 Å². The standard InChI is InChI=1S/C20H22ClN3O2S/c1-3-10-24(13-17-5-4-11-26-17)20(25)22-12-18-23-19(14(2)27-18)15-6-8-16(21)9-7-15/h1,6-9,17H,4-5,10-13H2,2H3,(H,22,25). The van der Waals surface area contributed by atoms with Crippen LogP contribution in [0.4, 0.5) is 4.79 Å². The van der Waals surface area contributed by atoms with Gasteiger partial charge in [-0.25, -0.2) is 9.78 Å². The van der Waals surface area contributed by atoms with E-state index in [0.717, 1.165) is 40.6 Å². The molecular formula is C20H22ClN3O2S. The van der Waals surface area contributed by atoms with E-state index in [2.05, 4.69) is 16.2 Å². The number of benzene rings is 1. The second-order valence-corrected chi connectivity index (χ2v) is 8.12. The van der Waals surface area contributed by atoms with Crippen LogP contribution in [0.2, 0.25) is 5.02 Å². The van der Waals surface area contributed by atoms with Gasteiger partial charge in [0.05, 0.1) is 24.9 Å². The number of carbonyl (C=O) groups excluding carboxylic acids is 1. The van der Waals surface area contributed by atoms with E-state index in [4.69, 9.17) is 22.8 Å². The first-order valence-electron chi connectivity index (χ1n) is 8.87. The van der Waals surface area contributed by atoms with E-state index in [1.165, 1.54) is 0 Å². The highest BCUT2D eigenvalue weighted by Gasteiger charge is 2.22. The first-order chi connectivity index (χ1) is 13.1. The van der Waals surface area contributed by atoms with Crippen molar-refractivity contribution < 1.29 is 9.53 Å². The van der Waals surface area contributed by atoms with E-state index >= 15 is 0 Å². The fourth-order valence-electron chi connectivity index (χ4n) is 3.03. The molecule has 1 atom stereocenters. The number of carbonyl (C=O) groups is 1. The molecule has 2 aromatic rings. The first-order valence-corrected chi connectivity index (χ1v) is 10.1. The summed E-state index contributed by atoms with van der Waals surface area (Å²) in [6.45, 7) is 3.92. The Bertz CT molecular complexity index is 823. The highest BCUT2D eigenvalue weighted by Crippen LogP contribution is 2.28. The largest absolute Gasteiger partial charge is 0.376 e. The monoisotopic (exact) mass is 403 g/mol.